The van der Waals surface area contributed by atoms with Crippen LogP contribution in [0.3, 0.4) is 0 Å². The number of hydrogen-bond acceptors (Lipinski definition) is 8. The summed E-state index contributed by atoms with van der Waals surface area (Å²) in [5.74, 6) is -1.11. The molecule has 9 nitrogen and oxygen atoms in total. The van der Waals surface area contributed by atoms with Gasteiger partial charge in [-0.3, -0.25) is 19.0 Å². The smallest absolute Gasteiger partial charge is 0.338 e. The normalized spacial score (nSPS) is 17.1. The van der Waals surface area contributed by atoms with E-state index in [4.69, 9.17) is 9.47 Å². The highest BCUT2D eigenvalue weighted by molar-refractivity contribution is 7.07. The Kier molecular flexibility index (Phi) is 7.19. The highest BCUT2D eigenvalue weighted by Crippen LogP contribution is 2.35. The van der Waals surface area contributed by atoms with Crippen LogP contribution >= 0.6 is 11.3 Å². The largest absolute Gasteiger partial charge is 0.458 e. The molecule has 202 valence electrons. The number of hydrogen-bond donors (Lipinski definition) is 0. The minimum absolute atomic E-state index is 0.0211. The Hall–Kier alpha value is -4.83. The minimum Gasteiger partial charge on any atom is -0.458 e. The molecule has 2 aromatic carbocycles. The summed E-state index contributed by atoms with van der Waals surface area (Å²) in [5, 5.41) is 0. The van der Waals surface area contributed by atoms with Gasteiger partial charge in [0, 0.05) is 19.0 Å². The molecule has 2 aliphatic heterocycles. The zero-order valence-corrected chi connectivity index (χ0v) is 22.7. The number of carbonyl (C=O) groups is 3. The maximum atomic E-state index is 14.1. The van der Waals surface area contributed by atoms with Crippen molar-refractivity contribution in [1.29, 1.82) is 0 Å². The zero-order valence-electron chi connectivity index (χ0n) is 21.9. The standard InChI is InChI=1S/C30H25N3O6S/c1-5-15-32-22-10-8-7-9-21(22)24(27(32)35)26-28(36)33-25(19-11-13-20(14-12-19)39-18(4)34)23(29(37)38-16-6-2)17(3)31-30(33)40-26/h5-14,25H,1-2,15-16H2,3-4H3/b26-24-/t25-/m1/s1. The van der Waals surface area contributed by atoms with Crippen LogP contribution in [0.25, 0.3) is 5.57 Å². The molecule has 0 fully saturated rings. The molecule has 0 saturated carbocycles. The molecular formula is C30H25N3O6S. The molecule has 3 aromatic rings. The average molecular weight is 556 g/mol. The van der Waals surface area contributed by atoms with E-state index in [-0.39, 0.29) is 34.7 Å². The van der Waals surface area contributed by atoms with Gasteiger partial charge in [-0.25, -0.2) is 9.79 Å². The summed E-state index contributed by atoms with van der Waals surface area (Å²) in [6.45, 7) is 10.6. The quantitative estimate of drug-likeness (QED) is 0.252. The monoisotopic (exact) mass is 555 g/mol. The van der Waals surface area contributed by atoms with E-state index in [2.05, 4.69) is 18.2 Å². The van der Waals surface area contributed by atoms with Gasteiger partial charge in [-0.2, -0.15) is 0 Å². The number of esters is 2. The van der Waals surface area contributed by atoms with Gasteiger partial charge in [0.05, 0.1) is 28.6 Å². The first-order valence-corrected chi connectivity index (χ1v) is 13.2. The van der Waals surface area contributed by atoms with Crippen LogP contribution in [0.4, 0.5) is 5.69 Å². The van der Waals surface area contributed by atoms with E-state index in [1.54, 1.807) is 48.2 Å². The lowest BCUT2D eigenvalue weighted by atomic mass is 9.96. The van der Waals surface area contributed by atoms with E-state index in [0.717, 1.165) is 11.3 Å². The van der Waals surface area contributed by atoms with Crippen LogP contribution in [0.5, 0.6) is 5.75 Å². The number of amides is 1. The molecular weight excluding hydrogens is 530 g/mol. The van der Waals surface area contributed by atoms with Gasteiger partial charge in [0.25, 0.3) is 11.5 Å². The van der Waals surface area contributed by atoms with Crippen molar-refractivity contribution in [3.8, 4) is 5.75 Å². The maximum absolute atomic E-state index is 14.1. The third kappa shape index (κ3) is 4.52. The van der Waals surface area contributed by atoms with E-state index in [0.29, 0.717) is 33.1 Å². The molecule has 2 aliphatic rings. The fourth-order valence-corrected chi connectivity index (χ4v) is 5.99. The number of thiazole rings is 1. The van der Waals surface area contributed by atoms with Gasteiger partial charge in [-0.15, -0.1) is 6.58 Å². The highest BCUT2D eigenvalue weighted by atomic mass is 32.1. The third-order valence-electron chi connectivity index (χ3n) is 6.47. The van der Waals surface area contributed by atoms with Crippen molar-refractivity contribution in [2.75, 3.05) is 18.1 Å². The molecule has 0 aliphatic carbocycles. The Labute approximate surface area is 233 Å². The van der Waals surface area contributed by atoms with E-state index < -0.39 is 23.5 Å². The summed E-state index contributed by atoms with van der Waals surface area (Å²) in [7, 11) is 0. The van der Waals surface area contributed by atoms with Gasteiger partial charge in [0.2, 0.25) is 0 Å². The van der Waals surface area contributed by atoms with Crippen molar-refractivity contribution in [1.82, 2.24) is 4.57 Å². The zero-order chi connectivity index (χ0) is 28.6. The molecule has 0 radical (unpaired) electrons. The lowest BCUT2D eigenvalue weighted by Gasteiger charge is -2.24. The predicted octanol–water partition coefficient (Wildman–Crippen LogP) is 2.79. The number of nitrogens with zero attached hydrogens (tertiary/aromatic N) is 3. The van der Waals surface area contributed by atoms with Crippen LogP contribution in [0.2, 0.25) is 0 Å². The van der Waals surface area contributed by atoms with Gasteiger partial charge >= 0.3 is 11.9 Å². The number of carbonyl (C=O) groups excluding carboxylic acids is 3. The molecule has 3 heterocycles. The van der Waals surface area contributed by atoms with Crippen LogP contribution in [-0.4, -0.2) is 35.6 Å². The number of ether oxygens (including phenoxy) is 2. The Morgan fingerprint density at radius 1 is 1.07 bits per heavy atom. The van der Waals surface area contributed by atoms with Crippen LogP contribution in [0, 0.1) is 0 Å². The second kappa shape index (κ2) is 10.7. The fourth-order valence-electron chi connectivity index (χ4n) is 4.85. The van der Waals surface area contributed by atoms with E-state index in [9.17, 15) is 19.2 Å². The van der Waals surface area contributed by atoms with Gasteiger partial charge in [0.15, 0.2) is 4.80 Å². The molecule has 10 heteroatoms. The fraction of sp³-hybridized carbons (Fsp3) is 0.167. The Balaban J connectivity index is 1.76. The number of fused-ring (bicyclic) bond motifs is 2. The lowest BCUT2D eigenvalue weighted by Crippen LogP contribution is -2.41. The molecule has 0 saturated heterocycles. The third-order valence-corrected chi connectivity index (χ3v) is 7.52. The topological polar surface area (TPSA) is 107 Å². The molecule has 5 rings (SSSR count). The summed E-state index contributed by atoms with van der Waals surface area (Å²) in [4.78, 5) is 58.9. The average Bonchev–Trinajstić information content (AvgIpc) is 3.39. The lowest BCUT2D eigenvalue weighted by molar-refractivity contribution is -0.138. The van der Waals surface area contributed by atoms with Gasteiger partial charge in [0.1, 0.15) is 16.9 Å². The summed E-state index contributed by atoms with van der Waals surface area (Å²) in [6.07, 6.45) is 3.08. The maximum Gasteiger partial charge on any atom is 0.338 e. The molecule has 0 bridgehead atoms. The van der Waals surface area contributed by atoms with E-state index in [1.807, 2.05) is 18.2 Å². The van der Waals surface area contributed by atoms with Crippen molar-refractivity contribution >= 4 is 40.4 Å². The molecule has 0 spiro atoms. The molecule has 0 N–H and O–H groups in total. The number of benzene rings is 2. The minimum atomic E-state index is -0.898. The van der Waals surface area contributed by atoms with Crippen LogP contribution in [0.1, 0.15) is 31.0 Å². The second-order valence-electron chi connectivity index (χ2n) is 9.05. The first-order valence-electron chi connectivity index (χ1n) is 12.4. The number of rotatable bonds is 7. The number of allylic oxidation sites excluding steroid dienone is 1. The van der Waals surface area contributed by atoms with Gasteiger partial charge in [-0.1, -0.05) is 60.4 Å². The molecule has 1 atom stereocenters. The van der Waals surface area contributed by atoms with Gasteiger partial charge < -0.3 is 14.4 Å². The molecule has 40 heavy (non-hydrogen) atoms. The van der Waals surface area contributed by atoms with Gasteiger partial charge in [-0.05, 0) is 30.7 Å². The number of aromatic nitrogens is 1. The first kappa shape index (κ1) is 26.8. The Bertz CT molecular complexity index is 1800. The summed E-state index contributed by atoms with van der Waals surface area (Å²) < 4.78 is 12.2. The summed E-state index contributed by atoms with van der Waals surface area (Å²) in [6, 6.07) is 12.9. The number of anilines is 1. The first-order chi connectivity index (χ1) is 19.3. The van der Waals surface area contributed by atoms with E-state index >= 15 is 0 Å². The van der Waals surface area contributed by atoms with Crippen LogP contribution < -0.4 is 24.5 Å². The van der Waals surface area contributed by atoms with Crippen molar-refractivity contribution in [2.24, 2.45) is 4.99 Å². The van der Waals surface area contributed by atoms with Crippen molar-refractivity contribution in [2.45, 2.75) is 19.9 Å². The Morgan fingerprint density at radius 3 is 2.48 bits per heavy atom. The van der Waals surface area contributed by atoms with Crippen LogP contribution in [0.15, 0.2) is 94.9 Å². The van der Waals surface area contributed by atoms with Crippen molar-refractivity contribution < 1.29 is 23.9 Å². The molecule has 1 aromatic heterocycles. The number of para-hydroxylation sites is 1. The predicted molar refractivity (Wildman–Crippen MR) is 151 cm³/mol. The van der Waals surface area contributed by atoms with Crippen molar-refractivity contribution in [3.05, 3.63) is 116 Å². The van der Waals surface area contributed by atoms with Crippen LogP contribution in [-0.2, 0) is 19.1 Å². The molecule has 1 amide bonds. The van der Waals surface area contributed by atoms with E-state index in [1.165, 1.54) is 17.6 Å². The summed E-state index contributed by atoms with van der Waals surface area (Å²) in [5.41, 5.74) is 2.28. The Morgan fingerprint density at radius 2 is 1.80 bits per heavy atom. The SMILES string of the molecule is C=CCOC(=O)C1=C(C)N=c2s/c(=C3\C(=O)N(CC=C)c4ccccc43)c(=O)n2[C@@H]1c1ccc(OC(C)=O)cc1. The molecule has 0 unspecified atom stereocenters. The summed E-state index contributed by atoms with van der Waals surface area (Å²) >= 11 is 1.09. The van der Waals surface area contributed by atoms with Crippen molar-refractivity contribution in [3.63, 3.8) is 0 Å². The second-order valence-corrected chi connectivity index (χ2v) is 10.0. The highest BCUT2D eigenvalue weighted by Gasteiger charge is 2.37.